The van der Waals surface area contributed by atoms with Gasteiger partial charge in [-0.1, -0.05) is 24.3 Å². The Labute approximate surface area is 141 Å². The van der Waals surface area contributed by atoms with Gasteiger partial charge in [0.05, 0.1) is 0 Å². The molecule has 0 fully saturated rings. The molecule has 2 amide bonds. The second kappa shape index (κ2) is 6.84. The predicted molar refractivity (Wildman–Crippen MR) is 93.5 cm³/mol. The van der Waals surface area contributed by atoms with E-state index in [1.807, 2.05) is 43.3 Å². The number of nitrogens with zero attached hydrogens (tertiary/aromatic N) is 1. The fraction of sp³-hybridized carbons (Fsp3) is 0.263. The Bertz CT molecular complexity index is 786. The standard InChI is InChI=1S/C19H20N2O3/c1-13-5-3-4-6-16(13)19(23)20-15-8-7-14-9-10-21(17(14)11-15)18(22)12-24-2/h3-8,11H,9-10,12H2,1-2H3,(H,20,23). The zero-order valence-corrected chi connectivity index (χ0v) is 13.8. The van der Waals surface area contributed by atoms with Gasteiger partial charge in [-0.3, -0.25) is 9.59 Å². The van der Waals surface area contributed by atoms with Crippen LogP contribution in [0.5, 0.6) is 0 Å². The summed E-state index contributed by atoms with van der Waals surface area (Å²) < 4.78 is 4.94. The molecule has 0 saturated heterocycles. The SMILES string of the molecule is COCC(=O)N1CCc2ccc(NC(=O)c3ccccc3C)cc21. The van der Waals surface area contributed by atoms with Crippen molar-refractivity contribution in [3.63, 3.8) is 0 Å². The molecule has 1 aliphatic rings. The minimum Gasteiger partial charge on any atom is -0.375 e. The molecule has 0 radical (unpaired) electrons. The summed E-state index contributed by atoms with van der Waals surface area (Å²) in [4.78, 5) is 26.3. The van der Waals surface area contributed by atoms with E-state index in [2.05, 4.69) is 5.32 Å². The van der Waals surface area contributed by atoms with E-state index in [0.29, 0.717) is 17.8 Å². The number of ether oxygens (including phenoxy) is 1. The lowest BCUT2D eigenvalue weighted by molar-refractivity contribution is -0.122. The van der Waals surface area contributed by atoms with Crippen molar-refractivity contribution in [2.75, 3.05) is 30.5 Å². The first-order chi connectivity index (χ1) is 11.6. The van der Waals surface area contributed by atoms with Gasteiger partial charge in [0, 0.05) is 30.6 Å². The average molecular weight is 324 g/mol. The van der Waals surface area contributed by atoms with Crippen LogP contribution in [0.1, 0.15) is 21.5 Å². The molecule has 3 rings (SSSR count). The third-order valence-corrected chi connectivity index (χ3v) is 4.20. The van der Waals surface area contributed by atoms with E-state index in [1.165, 1.54) is 7.11 Å². The van der Waals surface area contributed by atoms with E-state index in [-0.39, 0.29) is 18.4 Å². The van der Waals surface area contributed by atoms with Gasteiger partial charge in [-0.05, 0) is 42.7 Å². The maximum Gasteiger partial charge on any atom is 0.255 e. The van der Waals surface area contributed by atoms with Gasteiger partial charge < -0.3 is 15.0 Å². The highest BCUT2D eigenvalue weighted by Crippen LogP contribution is 2.31. The summed E-state index contributed by atoms with van der Waals surface area (Å²) in [5, 5.41) is 2.91. The van der Waals surface area contributed by atoms with Crippen LogP contribution in [0.3, 0.4) is 0 Å². The Morgan fingerprint density at radius 2 is 2.00 bits per heavy atom. The fourth-order valence-corrected chi connectivity index (χ4v) is 2.94. The molecule has 0 atom stereocenters. The van der Waals surface area contributed by atoms with Crippen molar-refractivity contribution in [2.24, 2.45) is 0 Å². The van der Waals surface area contributed by atoms with Crippen LogP contribution in [0, 0.1) is 6.92 Å². The maximum absolute atomic E-state index is 12.4. The summed E-state index contributed by atoms with van der Waals surface area (Å²) >= 11 is 0. The van der Waals surface area contributed by atoms with Gasteiger partial charge in [0.1, 0.15) is 6.61 Å². The molecular formula is C19H20N2O3. The Morgan fingerprint density at radius 3 is 2.75 bits per heavy atom. The number of hydrogen-bond acceptors (Lipinski definition) is 3. The van der Waals surface area contributed by atoms with Gasteiger partial charge >= 0.3 is 0 Å². The summed E-state index contributed by atoms with van der Waals surface area (Å²) in [6, 6.07) is 13.1. The molecule has 0 saturated carbocycles. The van der Waals surface area contributed by atoms with Gasteiger partial charge in [0.25, 0.3) is 11.8 Å². The van der Waals surface area contributed by atoms with Gasteiger partial charge in [0.2, 0.25) is 0 Å². The Balaban J connectivity index is 1.82. The van der Waals surface area contributed by atoms with Gasteiger partial charge in [-0.25, -0.2) is 0 Å². The van der Waals surface area contributed by atoms with E-state index in [1.54, 1.807) is 11.0 Å². The molecule has 0 spiro atoms. The highest BCUT2D eigenvalue weighted by atomic mass is 16.5. The van der Waals surface area contributed by atoms with Crippen LogP contribution < -0.4 is 10.2 Å². The maximum atomic E-state index is 12.4. The number of benzene rings is 2. The third-order valence-electron chi connectivity index (χ3n) is 4.20. The lowest BCUT2D eigenvalue weighted by Gasteiger charge is -2.17. The minimum atomic E-state index is -0.152. The molecule has 0 bridgehead atoms. The van der Waals surface area contributed by atoms with Crippen molar-refractivity contribution in [3.05, 3.63) is 59.2 Å². The molecule has 0 aliphatic carbocycles. The second-order valence-corrected chi connectivity index (χ2v) is 5.84. The van der Waals surface area contributed by atoms with E-state index in [9.17, 15) is 9.59 Å². The Morgan fingerprint density at radius 1 is 1.21 bits per heavy atom. The van der Waals surface area contributed by atoms with Gasteiger partial charge in [0.15, 0.2) is 0 Å². The van der Waals surface area contributed by atoms with Crippen LogP contribution in [0.25, 0.3) is 0 Å². The van der Waals surface area contributed by atoms with Gasteiger partial charge in [-0.15, -0.1) is 0 Å². The van der Waals surface area contributed by atoms with Crippen molar-refractivity contribution in [2.45, 2.75) is 13.3 Å². The van der Waals surface area contributed by atoms with Crippen LogP contribution in [0.15, 0.2) is 42.5 Å². The zero-order chi connectivity index (χ0) is 17.1. The highest BCUT2D eigenvalue weighted by Gasteiger charge is 2.25. The number of carbonyl (C=O) groups excluding carboxylic acids is 2. The summed E-state index contributed by atoms with van der Waals surface area (Å²) in [7, 11) is 1.51. The lowest BCUT2D eigenvalue weighted by atomic mass is 10.1. The van der Waals surface area contributed by atoms with E-state index in [0.717, 1.165) is 23.2 Å². The van der Waals surface area contributed by atoms with Crippen molar-refractivity contribution in [1.82, 2.24) is 0 Å². The van der Waals surface area contributed by atoms with Crippen molar-refractivity contribution < 1.29 is 14.3 Å². The molecule has 5 heteroatoms. The number of anilines is 2. The van der Waals surface area contributed by atoms with Crippen LogP contribution >= 0.6 is 0 Å². The molecular weight excluding hydrogens is 304 g/mol. The van der Waals surface area contributed by atoms with Crippen LogP contribution in [-0.2, 0) is 16.0 Å². The normalized spacial score (nSPS) is 12.8. The number of aryl methyl sites for hydroxylation is 1. The molecule has 2 aromatic carbocycles. The number of nitrogens with one attached hydrogen (secondary N) is 1. The average Bonchev–Trinajstić information content (AvgIpc) is 2.98. The highest BCUT2D eigenvalue weighted by molar-refractivity contribution is 6.06. The topological polar surface area (TPSA) is 58.6 Å². The summed E-state index contributed by atoms with van der Waals surface area (Å²) in [6.07, 6.45) is 0.816. The summed E-state index contributed by atoms with van der Waals surface area (Å²) in [5.74, 6) is -0.223. The number of rotatable bonds is 4. The quantitative estimate of drug-likeness (QED) is 0.941. The molecule has 0 unspecified atom stereocenters. The minimum absolute atomic E-state index is 0.0548. The molecule has 1 N–H and O–H groups in total. The van der Waals surface area contributed by atoms with Crippen molar-refractivity contribution >= 4 is 23.2 Å². The first-order valence-corrected chi connectivity index (χ1v) is 7.89. The fourth-order valence-electron chi connectivity index (χ4n) is 2.94. The number of hydrogen-bond donors (Lipinski definition) is 1. The summed E-state index contributed by atoms with van der Waals surface area (Å²) in [6.45, 7) is 2.61. The number of methoxy groups -OCH3 is 1. The lowest BCUT2D eigenvalue weighted by Crippen LogP contribution is -2.32. The first kappa shape index (κ1) is 16.2. The van der Waals surface area contributed by atoms with Crippen LogP contribution in [0.2, 0.25) is 0 Å². The number of fused-ring (bicyclic) bond motifs is 1. The smallest absolute Gasteiger partial charge is 0.255 e. The van der Waals surface area contributed by atoms with Crippen molar-refractivity contribution in [3.8, 4) is 0 Å². The van der Waals surface area contributed by atoms with E-state index in [4.69, 9.17) is 4.74 Å². The molecule has 1 heterocycles. The Hall–Kier alpha value is -2.66. The number of carbonyl (C=O) groups is 2. The van der Waals surface area contributed by atoms with Crippen LogP contribution in [-0.4, -0.2) is 32.1 Å². The van der Waals surface area contributed by atoms with Gasteiger partial charge in [-0.2, -0.15) is 0 Å². The van der Waals surface area contributed by atoms with Crippen LogP contribution in [0.4, 0.5) is 11.4 Å². The molecule has 1 aliphatic heterocycles. The Kier molecular flexibility index (Phi) is 4.62. The molecule has 24 heavy (non-hydrogen) atoms. The monoisotopic (exact) mass is 324 g/mol. The summed E-state index contributed by atoms with van der Waals surface area (Å²) in [5.41, 5.74) is 4.20. The molecule has 124 valence electrons. The predicted octanol–water partition coefficient (Wildman–Crippen LogP) is 2.78. The number of amides is 2. The van der Waals surface area contributed by atoms with E-state index < -0.39 is 0 Å². The molecule has 0 aromatic heterocycles. The second-order valence-electron chi connectivity index (χ2n) is 5.84. The zero-order valence-electron chi connectivity index (χ0n) is 13.8. The third kappa shape index (κ3) is 3.16. The first-order valence-electron chi connectivity index (χ1n) is 7.89. The van der Waals surface area contributed by atoms with Crippen molar-refractivity contribution in [1.29, 1.82) is 0 Å². The molecule has 2 aromatic rings. The largest absolute Gasteiger partial charge is 0.375 e. The van der Waals surface area contributed by atoms with E-state index >= 15 is 0 Å². The molecule has 5 nitrogen and oxygen atoms in total.